The van der Waals surface area contributed by atoms with Crippen LogP contribution in [0.2, 0.25) is 0 Å². The number of rotatable bonds is 1. The Balaban J connectivity index is 2.36. The number of halogens is 1. The molecule has 1 atom stereocenters. The van der Waals surface area contributed by atoms with Crippen molar-refractivity contribution in [2.45, 2.75) is 6.04 Å². The highest BCUT2D eigenvalue weighted by Crippen LogP contribution is 2.31. The molecule has 1 aliphatic heterocycles. The van der Waals surface area contributed by atoms with Gasteiger partial charge < -0.3 is 0 Å². The van der Waals surface area contributed by atoms with Crippen molar-refractivity contribution < 1.29 is 4.39 Å². The first-order valence-corrected chi connectivity index (χ1v) is 4.42. The third-order valence-corrected chi connectivity index (χ3v) is 2.42. The van der Waals surface area contributed by atoms with E-state index in [0.29, 0.717) is 5.39 Å². The van der Waals surface area contributed by atoms with Crippen LogP contribution in [-0.4, -0.2) is 11.2 Å². The third-order valence-electron chi connectivity index (χ3n) is 2.42. The zero-order chi connectivity index (χ0) is 9.54. The van der Waals surface area contributed by atoms with Crippen LogP contribution in [0.1, 0.15) is 11.6 Å². The number of hydrogen-bond acceptors (Lipinski definition) is 2. The Morgan fingerprint density at radius 1 is 1.14 bits per heavy atom. The van der Waals surface area contributed by atoms with Crippen LogP contribution >= 0.6 is 0 Å². The highest BCUT2D eigenvalue weighted by atomic mass is 19.1. The van der Waals surface area contributed by atoms with Gasteiger partial charge in [-0.1, -0.05) is 6.07 Å². The lowest BCUT2D eigenvalue weighted by Crippen LogP contribution is -1.89. The average Bonchev–Trinajstić information content (AvgIpc) is 3.03. The molecule has 1 aromatic heterocycles. The summed E-state index contributed by atoms with van der Waals surface area (Å²) in [4.78, 5) is 8.00. The first kappa shape index (κ1) is 7.62. The molecule has 2 heterocycles. The quantitative estimate of drug-likeness (QED) is 0.671. The van der Waals surface area contributed by atoms with E-state index in [1.165, 1.54) is 6.07 Å². The van der Waals surface area contributed by atoms with Crippen LogP contribution in [0.4, 0.5) is 4.39 Å². The van der Waals surface area contributed by atoms with Crippen LogP contribution in [0.5, 0.6) is 0 Å². The van der Waals surface area contributed by atoms with Crippen molar-refractivity contribution in [1.82, 2.24) is 4.98 Å². The van der Waals surface area contributed by atoms with Gasteiger partial charge in [0.15, 0.2) is 0 Å². The fraction of sp³-hybridized carbons (Fsp3) is 0.0909. The van der Waals surface area contributed by atoms with Crippen LogP contribution < -0.4 is 0 Å². The van der Waals surface area contributed by atoms with Gasteiger partial charge in [-0.05, 0) is 23.1 Å². The number of hydrogen-bond donors (Lipinski definition) is 0. The standard InChI is InChI=1S/C11H7FN2/c12-10-2-1-8(11-6-14-11)7-3-4-13-5-9(7)10/h1-6,11H. The summed E-state index contributed by atoms with van der Waals surface area (Å²) in [5, 5.41) is 1.48. The smallest absolute Gasteiger partial charge is 0.132 e. The van der Waals surface area contributed by atoms with Crippen LogP contribution in [0.15, 0.2) is 35.6 Å². The zero-order valence-electron chi connectivity index (χ0n) is 7.31. The lowest BCUT2D eigenvalue weighted by Gasteiger charge is -2.04. The van der Waals surface area contributed by atoms with E-state index in [-0.39, 0.29) is 11.9 Å². The summed E-state index contributed by atoms with van der Waals surface area (Å²) in [5.74, 6) is -0.225. The Bertz CT molecular complexity index is 528. The van der Waals surface area contributed by atoms with Gasteiger partial charge in [-0.25, -0.2) is 4.39 Å². The van der Waals surface area contributed by atoms with E-state index in [2.05, 4.69) is 9.98 Å². The second-order valence-corrected chi connectivity index (χ2v) is 3.30. The number of aromatic nitrogens is 1. The summed E-state index contributed by atoms with van der Waals surface area (Å²) in [5.41, 5.74) is 1.06. The molecule has 0 saturated heterocycles. The summed E-state index contributed by atoms with van der Waals surface area (Å²) >= 11 is 0. The first-order valence-electron chi connectivity index (χ1n) is 4.42. The zero-order valence-corrected chi connectivity index (χ0v) is 7.31. The summed E-state index contributed by atoms with van der Waals surface area (Å²) in [6.07, 6.45) is 5.08. The number of benzene rings is 1. The minimum Gasteiger partial charge on any atom is -0.281 e. The maximum Gasteiger partial charge on any atom is 0.132 e. The molecule has 2 nitrogen and oxygen atoms in total. The summed E-state index contributed by atoms with van der Waals surface area (Å²) in [6, 6.07) is 5.24. The molecule has 0 saturated carbocycles. The molecule has 68 valence electrons. The fourth-order valence-corrected chi connectivity index (χ4v) is 1.64. The molecule has 2 aromatic rings. The van der Waals surface area contributed by atoms with Gasteiger partial charge in [-0.3, -0.25) is 9.98 Å². The molecule has 1 aliphatic rings. The SMILES string of the molecule is Fc1ccc(C2C=N2)c2ccncc12. The van der Waals surface area contributed by atoms with Crippen molar-refractivity contribution in [2.24, 2.45) is 4.99 Å². The first-order chi connectivity index (χ1) is 6.86. The second-order valence-electron chi connectivity index (χ2n) is 3.30. The Morgan fingerprint density at radius 2 is 2.00 bits per heavy atom. The number of pyridine rings is 1. The van der Waals surface area contributed by atoms with Gasteiger partial charge in [0.05, 0.1) is 0 Å². The minimum atomic E-state index is -0.225. The molecule has 3 rings (SSSR count). The summed E-state index contributed by atoms with van der Waals surface area (Å²) < 4.78 is 13.4. The highest BCUT2D eigenvalue weighted by molar-refractivity contribution is 5.92. The highest BCUT2D eigenvalue weighted by Gasteiger charge is 2.19. The van der Waals surface area contributed by atoms with E-state index in [9.17, 15) is 4.39 Å². The van der Waals surface area contributed by atoms with E-state index in [1.807, 2.05) is 12.3 Å². The predicted octanol–water partition coefficient (Wildman–Crippen LogP) is 2.50. The Hall–Kier alpha value is -1.77. The molecule has 0 spiro atoms. The average molecular weight is 186 g/mol. The maximum atomic E-state index is 13.4. The van der Waals surface area contributed by atoms with Gasteiger partial charge in [0.25, 0.3) is 0 Å². The fourth-order valence-electron chi connectivity index (χ4n) is 1.64. The molecule has 0 fully saturated rings. The summed E-state index contributed by atoms with van der Waals surface area (Å²) in [6.45, 7) is 0. The van der Waals surface area contributed by atoms with E-state index >= 15 is 0 Å². The topological polar surface area (TPSA) is 25.2 Å². The molecule has 0 aliphatic carbocycles. The van der Waals surface area contributed by atoms with Gasteiger partial charge in [0.1, 0.15) is 11.9 Å². The van der Waals surface area contributed by atoms with Crippen LogP contribution in [0.25, 0.3) is 10.8 Å². The second kappa shape index (κ2) is 2.61. The Morgan fingerprint density at radius 3 is 2.79 bits per heavy atom. The van der Waals surface area contributed by atoms with Crippen LogP contribution in [0, 0.1) is 5.82 Å². The van der Waals surface area contributed by atoms with Crippen LogP contribution in [0.3, 0.4) is 0 Å². The molecule has 1 aromatic carbocycles. The number of nitrogens with zero attached hydrogens (tertiary/aromatic N) is 2. The largest absolute Gasteiger partial charge is 0.281 e. The molecular formula is C11H7FN2. The van der Waals surface area contributed by atoms with Crippen molar-refractivity contribution in [1.29, 1.82) is 0 Å². The van der Waals surface area contributed by atoms with Gasteiger partial charge in [-0.2, -0.15) is 0 Å². The van der Waals surface area contributed by atoms with Gasteiger partial charge >= 0.3 is 0 Å². The lowest BCUT2D eigenvalue weighted by atomic mass is 10.0. The third kappa shape index (κ3) is 1.02. The number of aliphatic imine (C=N–C) groups is 1. The van der Waals surface area contributed by atoms with Gasteiger partial charge in [-0.15, -0.1) is 0 Å². The molecular weight excluding hydrogens is 179 g/mol. The number of fused-ring (bicyclic) bond motifs is 1. The molecule has 0 radical (unpaired) electrons. The van der Waals surface area contributed by atoms with E-state index in [0.717, 1.165) is 10.9 Å². The predicted molar refractivity (Wildman–Crippen MR) is 52.9 cm³/mol. The molecule has 1 unspecified atom stereocenters. The van der Waals surface area contributed by atoms with E-state index in [1.54, 1.807) is 18.5 Å². The molecule has 0 bridgehead atoms. The normalized spacial score (nSPS) is 18.8. The van der Waals surface area contributed by atoms with Crippen molar-refractivity contribution in [3.05, 3.63) is 42.0 Å². The van der Waals surface area contributed by atoms with Gasteiger partial charge in [0, 0.05) is 24.0 Å². The van der Waals surface area contributed by atoms with Crippen molar-refractivity contribution in [3.8, 4) is 0 Å². The molecule has 0 N–H and O–H groups in total. The van der Waals surface area contributed by atoms with Crippen LogP contribution in [-0.2, 0) is 0 Å². The summed E-state index contributed by atoms with van der Waals surface area (Å²) in [7, 11) is 0. The van der Waals surface area contributed by atoms with Gasteiger partial charge in [0.2, 0.25) is 0 Å². The van der Waals surface area contributed by atoms with E-state index < -0.39 is 0 Å². The monoisotopic (exact) mass is 186 g/mol. The van der Waals surface area contributed by atoms with Crippen molar-refractivity contribution >= 4 is 17.0 Å². The Kier molecular flexibility index (Phi) is 1.42. The van der Waals surface area contributed by atoms with Crippen molar-refractivity contribution in [3.63, 3.8) is 0 Å². The van der Waals surface area contributed by atoms with E-state index in [4.69, 9.17) is 0 Å². The molecule has 14 heavy (non-hydrogen) atoms. The maximum absolute atomic E-state index is 13.4. The molecule has 0 amide bonds. The van der Waals surface area contributed by atoms with Crippen molar-refractivity contribution in [2.75, 3.05) is 0 Å². The lowest BCUT2D eigenvalue weighted by molar-refractivity contribution is 0.639. The molecule has 3 heteroatoms. The minimum absolute atomic E-state index is 0.153. The Labute approximate surface area is 80.1 Å².